The molecule has 1 fully saturated rings. The van der Waals surface area contributed by atoms with Crippen LogP contribution in [0, 0.1) is 11.8 Å². The number of amides is 1. The average Bonchev–Trinajstić information content (AvgIpc) is 2.97. The third-order valence-corrected chi connectivity index (χ3v) is 4.18. The number of carbonyl (C=O) groups is 1. The van der Waals surface area contributed by atoms with Gasteiger partial charge in [-0.1, -0.05) is 6.92 Å². The Labute approximate surface area is 99.5 Å². The van der Waals surface area contributed by atoms with Gasteiger partial charge < -0.3 is 5.32 Å². The van der Waals surface area contributed by atoms with Crippen LogP contribution in [0.2, 0.25) is 0 Å². The number of carbonyl (C=O) groups excluding carboxylic acids is 1. The topological polar surface area (TPSA) is 29.1 Å². The van der Waals surface area contributed by atoms with Gasteiger partial charge in [-0.3, -0.25) is 4.79 Å². The molecule has 0 aromatic carbocycles. The Balaban J connectivity index is 1.81. The van der Waals surface area contributed by atoms with E-state index < -0.39 is 0 Å². The number of nitrogens with one attached hydrogen (secondary N) is 1. The first-order valence-electron chi connectivity index (χ1n) is 5.22. The van der Waals surface area contributed by atoms with Crippen molar-refractivity contribution in [1.29, 1.82) is 0 Å². The zero-order valence-electron chi connectivity index (χ0n) is 8.69. The maximum atomic E-state index is 11.7. The highest BCUT2D eigenvalue weighted by Crippen LogP contribution is 2.36. The van der Waals surface area contributed by atoms with E-state index in [1.807, 2.05) is 11.4 Å². The summed E-state index contributed by atoms with van der Waals surface area (Å²) in [5, 5.41) is 4.85. The standard InChI is InChI=1S/C11H15NOS2/c1-7(8-2-3-8)5-12-11(13)10-4-9(14)6-15-10/h4,6-8,14H,2-3,5H2,1H3,(H,12,13). The summed E-state index contributed by atoms with van der Waals surface area (Å²) in [4.78, 5) is 13.3. The Bertz CT molecular complexity index is 357. The second kappa shape index (κ2) is 4.58. The minimum Gasteiger partial charge on any atom is -0.351 e. The van der Waals surface area contributed by atoms with Gasteiger partial charge in [0, 0.05) is 16.8 Å². The highest BCUT2D eigenvalue weighted by Gasteiger charge is 2.27. The second-order valence-corrected chi connectivity index (χ2v) is 5.62. The normalized spacial score (nSPS) is 17.5. The zero-order chi connectivity index (χ0) is 10.8. The number of rotatable bonds is 4. The summed E-state index contributed by atoms with van der Waals surface area (Å²) >= 11 is 5.63. The average molecular weight is 241 g/mol. The van der Waals surface area contributed by atoms with Crippen molar-refractivity contribution in [2.45, 2.75) is 24.7 Å². The fourth-order valence-electron chi connectivity index (χ4n) is 1.62. The molecule has 0 radical (unpaired) electrons. The summed E-state index contributed by atoms with van der Waals surface area (Å²) in [5.41, 5.74) is 0. The van der Waals surface area contributed by atoms with Gasteiger partial charge in [-0.05, 0) is 30.7 Å². The molecule has 0 saturated heterocycles. The zero-order valence-corrected chi connectivity index (χ0v) is 10.4. The van der Waals surface area contributed by atoms with Crippen molar-refractivity contribution < 1.29 is 4.79 Å². The molecule has 0 aliphatic heterocycles. The largest absolute Gasteiger partial charge is 0.351 e. The Morgan fingerprint density at radius 1 is 1.73 bits per heavy atom. The van der Waals surface area contributed by atoms with Crippen molar-refractivity contribution in [3.05, 3.63) is 16.3 Å². The van der Waals surface area contributed by atoms with Gasteiger partial charge in [-0.15, -0.1) is 24.0 Å². The number of hydrogen-bond acceptors (Lipinski definition) is 3. The lowest BCUT2D eigenvalue weighted by molar-refractivity contribution is 0.0950. The summed E-state index contributed by atoms with van der Waals surface area (Å²) in [6.07, 6.45) is 2.66. The number of hydrogen-bond donors (Lipinski definition) is 2. The first kappa shape index (κ1) is 11.0. The highest BCUT2D eigenvalue weighted by molar-refractivity contribution is 7.80. The summed E-state index contributed by atoms with van der Waals surface area (Å²) in [5.74, 6) is 1.49. The van der Waals surface area contributed by atoms with E-state index in [-0.39, 0.29) is 5.91 Å². The van der Waals surface area contributed by atoms with E-state index in [2.05, 4.69) is 24.9 Å². The number of thiophene rings is 1. The summed E-state index contributed by atoms with van der Waals surface area (Å²) in [6, 6.07) is 1.81. The van der Waals surface area contributed by atoms with Gasteiger partial charge in [0.1, 0.15) is 0 Å². The van der Waals surface area contributed by atoms with Crippen molar-refractivity contribution in [3.8, 4) is 0 Å². The van der Waals surface area contributed by atoms with Gasteiger partial charge in [0.25, 0.3) is 5.91 Å². The molecular weight excluding hydrogens is 226 g/mol. The fourth-order valence-corrected chi connectivity index (χ4v) is 2.68. The molecule has 0 spiro atoms. The third kappa shape index (κ3) is 2.98. The molecule has 4 heteroatoms. The van der Waals surface area contributed by atoms with Crippen LogP contribution < -0.4 is 5.32 Å². The molecule has 1 aromatic rings. The van der Waals surface area contributed by atoms with Crippen molar-refractivity contribution in [3.63, 3.8) is 0 Å². The molecule has 2 nitrogen and oxygen atoms in total. The van der Waals surface area contributed by atoms with Crippen molar-refractivity contribution in [2.75, 3.05) is 6.54 Å². The summed E-state index contributed by atoms with van der Waals surface area (Å²) in [6.45, 7) is 3.00. The fraction of sp³-hybridized carbons (Fsp3) is 0.545. The van der Waals surface area contributed by atoms with E-state index in [1.54, 1.807) is 0 Å². The lowest BCUT2D eigenvalue weighted by Crippen LogP contribution is -2.28. The van der Waals surface area contributed by atoms with Crippen LogP contribution in [-0.4, -0.2) is 12.5 Å². The van der Waals surface area contributed by atoms with Crippen LogP contribution in [0.5, 0.6) is 0 Å². The summed E-state index contributed by atoms with van der Waals surface area (Å²) < 4.78 is 0. The Morgan fingerprint density at radius 2 is 2.47 bits per heavy atom. The first-order valence-corrected chi connectivity index (χ1v) is 6.55. The second-order valence-electron chi connectivity index (χ2n) is 4.19. The number of thiol groups is 1. The van der Waals surface area contributed by atoms with Gasteiger partial charge in [0.15, 0.2) is 0 Å². The van der Waals surface area contributed by atoms with E-state index in [9.17, 15) is 4.79 Å². The van der Waals surface area contributed by atoms with Crippen LogP contribution in [0.4, 0.5) is 0 Å². The maximum absolute atomic E-state index is 11.7. The van der Waals surface area contributed by atoms with Crippen LogP contribution in [-0.2, 0) is 0 Å². The molecule has 1 aromatic heterocycles. The van der Waals surface area contributed by atoms with Crippen molar-refractivity contribution in [1.82, 2.24) is 5.32 Å². The van der Waals surface area contributed by atoms with E-state index in [0.717, 1.165) is 22.2 Å². The monoisotopic (exact) mass is 241 g/mol. The van der Waals surface area contributed by atoms with Gasteiger partial charge in [0.05, 0.1) is 4.88 Å². The molecule has 1 aliphatic carbocycles. The van der Waals surface area contributed by atoms with Crippen LogP contribution in [0.1, 0.15) is 29.4 Å². The van der Waals surface area contributed by atoms with Crippen molar-refractivity contribution >= 4 is 29.9 Å². The molecule has 15 heavy (non-hydrogen) atoms. The smallest absolute Gasteiger partial charge is 0.261 e. The van der Waals surface area contributed by atoms with Crippen LogP contribution >= 0.6 is 24.0 Å². The molecule has 1 N–H and O–H groups in total. The predicted octanol–water partition coefficient (Wildman–Crippen LogP) is 2.81. The van der Waals surface area contributed by atoms with Gasteiger partial charge in [0.2, 0.25) is 0 Å². The highest BCUT2D eigenvalue weighted by atomic mass is 32.1. The lowest BCUT2D eigenvalue weighted by atomic mass is 10.1. The molecule has 1 aliphatic rings. The van der Waals surface area contributed by atoms with E-state index in [4.69, 9.17) is 0 Å². The van der Waals surface area contributed by atoms with Crippen molar-refractivity contribution in [2.24, 2.45) is 11.8 Å². The van der Waals surface area contributed by atoms with Gasteiger partial charge >= 0.3 is 0 Å². The van der Waals surface area contributed by atoms with Crippen LogP contribution in [0.3, 0.4) is 0 Å². The predicted molar refractivity (Wildman–Crippen MR) is 65.8 cm³/mol. The Hall–Kier alpha value is -0.480. The molecule has 1 amide bonds. The molecule has 1 heterocycles. The minimum atomic E-state index is 0.0350. The molecular formula is C11H15NOS2. The first-order chi connectivity index (χ1) is 7.16. The van der Waals surface area contributed by atoms with E-state index in [1.165, 1.54) is 24.2 Å². The quantitative estimate of drug-likeness (QED) is 0.780. The SMILES string of the molecule is CC(CNC(=O)c1cc(S)cs1)C1CC1. The Kier molecular flexibility index (Phi) is 3.36. The molecule has 1 unspecified atom stereocenters. The molecule has 82 valence electrons. The molecule has 1 atom stereocenters. The lowest BCUT2D eigenvalue weighted by Gasteiger charge is -2.10. The van der Waals surface area contributed by atoms with Crippen LogP contribution in [0.25, 0.3) is 0 Å². The van der Waals surface area contributed by atoms with E-state index in [0.29, 0.717) is 5.92 Å². The maximum Gasteiger partial charge on any atom is 0.261 e. The van der Waals surface area contributed by atoms with Gasteiger partial charge in [-0.2, -0.15) is 0 Å². The minimum absolute atomic E-state index is 0.0350. The summed E-state index contributed by atoms with van der Waals surface area (Å²) in [7, 11) is 0. The van der Waals surface area contributed by atoms with Crippen LogP contribution in [0.15, 0.2) is 16.3 Å². The molecule has 0 bridgehead atoms. The third-order valence-electron chi connectivity index (χ3n) is 2.82. The molecule has 2 rings (SSSR count). The van der Waals surface area contributed by atoms with Gasteiger partial charge in [-0.25, -0.2) is 0 Å². The molecule has 1 saturated carbocycles. The Morgan fingerprint density at radius 3 is 3.00 bits per heavy atom. The van der Waals surface area contributed by atoms with E-state index >= 15 is 0 Å².